The van der Waals surface area contributed by atoms with Crippen LogP contribution in [0.5, 0.6) is 0 Å². The SMILES string of the molecule is O=C1NC(=O)N(c2ccccc2)C(=O)C1=Cc1ccc(-c2ccc([N+](=O)[O-])cc2Cl)o1. The number of para-hydroxylation sites is 1. The molecule has 1 N–H and O–H groups in total. The summed E-state index contributed by atoms with van der Waals surface area (Å²) in [5.41, 5.74) is 0.246. The summed E-state index contributed by atoms with van der Waals surface area (Å²) in [5.74, 6) is -1.21. The van der Waals surface area contributed by atoms with E-state index in [9.17, 15) is 24.5 Å². The van der Waals surface area contributed by atoms with Crippen molar-refractivity contribution >= 4 is 46.9 Å². The fourth-order valence-corrected chi connectivity index (χ4v) is 3.27. The molecule has 0 unspecified atom stereocenters. The van der Waals surface area contributed by atoms with E-state index in [1.54, 1.807) is 36.4 Å². The Balaban J connectivity index is 1.67. The van der Waals surface area contributed by atoms with Gasteiger partial charge in [0.25, 0.3) is 17.5 Å². The molecular formula is C21H12ClN3O6. The van der Waals surface area contributed by atoms with Crippen molar-refractivity contribution in [3.63, 3.8) is 0 Å². The molecule has 2 heterocycles. The molecule has 1 aliphatic heterocycles. The Bertz CT molecular complexity index is 1270. The summed E-state index contributed by atoms with van der Waals surface area (Å²) in [7, 11) is 0. The zero-order valence-corrected chi connectivity index (χ0v) is 16.3. The van der Waals surface area contributed by atoms with E-state index in [1.165, 1.54) is 30.3 Å². The molecule has 1 saturated heterocycles. The van der Waals surface area contributed by atoms with Gasteiger partial charge in [0.2, 0.25) is 0 Å². The number of rotatable bonds is 4. The smallest absolute Gasteiger partial charge is 0.335 e. The van der Waals surface area contributed by atoms with E-state index in [1.807, 2.05) is 0 Å². The van der Waals surface area contributed by atoms with Crippen LogP contribution in [0.4, 0.5) is 16.2 Å². The molecule has 4 amide bonds. The average Bonchev–Trinajstić information content (AvgIpc) is 3.20. The number of carbonyl (C=O) groups excluding carboxylic acids is 3. The second kappa shape index (κ2) is 7.88. The van der Waals surface area contributed by atoms with Gasteiger partial charge in [-0.3, -0.25) is 25.0 Å². The number of urea groups is 1. The van der Waals surface area contributed by atoms with E-state index in [0.717, 1.165) is 4.90 Å². The summed E-state index contributed by atoms with van der Waals surface area (Å²) in [4.78, 5) is 48.4. The highest BCUT2D eigenvalue weighted by molar-refractivity contribution is 6.39. The van der Waals surface area contributed by atoms with Crippen LogP contribution in [0.25, 0.3) is 17.4 Å². The third-order valence-corrected chi connectivity index (χ3v) is 4.77. The van der Waals surface area contributed by atoms with Crippen LogP contribution < -0.4 is 10.2 Å². The number of barbiturate groups is 1. The monoisotopic (exact) mass is 437 g/mol. The molecule has 0 aliphatic carbocycles. The van der Waals surface area contributed by atoms with Gasteiger partial charge in [0.15, 0.2) is 0 Å². The van der Waals surface area contributed by atoms with Crippen molar-refractivity contribution in [1.29, 1.82) is 0 Å². The van der Waals surface area contributed by atoms with Crippen molar-refractivity contribution in [2.24, 2.45) is 0 Å². The normalized spacial score (nSPS) is 15.3. The predicted molar refractivity (Wildman–Crippen MR) is 111 cm³/mol. The molecule has 1 fully saturated rings. The summed E-state index contributed by atoms with van der Waals surface area (Å²) in [6.45, 7) is 0. The number of hydrogen-bond acceptors (Lipinski definition) is 6. The minimum Gasteiger partial charge on any atom is -0.457 e. The first-order valence-corrected chi connectivity index (χ1v) is 9.23. The number of amides is 4. The standard InChI is InChI=1S/C21H12ClN3O6/c22-17-10-13(25(29)30)6-8-15(17)18-9-7-14(31-18)11-16-19(26)23-21(28)24(20(16)27)12-4-2-1-3-5-12/h1-11H,(H,23,26,28). The van der Waals surface area contributed by atoms with Gasteiger partial charge in [-0.25, -0.2) is 9.69 Å². The van der Waals surface area contributed by atoms with Gasteiger partial charge in [-0.15, -0.1) is 0 Å². The number of halogens is 1. The number of hydrogen-bond donors (Lipinski definition) is 1. The number of anilines is 1. The fraction of sp³-hybridized carbons (Fsp3) is 0. The molecule has 0 bridgehead atoms. The number of non-ortho nitro benzene ring substituents is 1. The highest BCUT2D eigenvalue weighted by atomic mass is 35.5. The summed E-state index contributed by atoms with van der Waals surface area (Å²) < 4.78 is 5.65. The quantitative estimate of drug-likeness (QED) is 0.283. The molecule has 31 heavy (non-hydrogen) atoms. The number of nitrogens with zero attached hydrogens (tertiary/aromatic N) is 2. The van der Waals surface area contributed by atoms with Crippen molar-refractivity contribution in [3.05, 3.63) is 87.1 Å². The molecule has 9 nitrogen and oxygen atoms in total. The molecular weight excluding hydrogens is 426 g/mol. The maximum Gasteiger partial charge on any atom is 0.335 e. The number of nitro groups is 1. The first-order valence-electron chi connectivity index (χ1n) is 8.86. The Morgan fingerprint density at radius 1 is 1.03 bits per heavy atom. The lowest BCUT2D eigenvalue weighted by molar-refractivity contribution is -0.384. The number of benzene rings is 2. The summed E-state index contributed by atoms with van der Waals surface area (Å²) >= 11 is 6.12. The molecule has 10 heteroatoms. The second-order valence-corrected chi connectivity index (χ2v) is 6.82. The van der Waals surface area contributed by atoms with Gasteiger partial charge in [0.1, 0.15) is 17.1 Å². The van der Waals surface area contributed by atoms with Gasteiger partial charge in [0, 0.05) is 17.7 Å². The Kier molecular flexibility index (Phi) is 5.10. The van der Waals surface area contributed by atoms with Crippen LogP contribution >= 0.6 is 11.6 Å². The number of nitrogens with one attached hydrogen (secondary N) is 1. The molecule has 4 rings (SSSR count). The number of nitro benzene ring substituents is 1. The Morgan fingerprint density at radius 2 is 1.77 bits per heavy atom. The van der Waals surface area contributed by atoms with Crippen LogP contribution in [0.2, 0.25) is 5.02 Å². The van der Waals surface area contributed by atoms with E-state index in [-0.39, 0.29) is 27.8 Å². The molecule has 1 aromatic heterocycles. The Hall–Kier alpha value is -4.24. The third kappa shape index (κ3) is 3.81. The van der Waals surface area contributed by atoms with Crippen LogP contribution in [0, 0.1) is 10.1 Å². The highest BCUT2D eigenvalue weighted by Gasteiger charge is 2.37. The van der Waals surface area contributed by atoms with E-state index >= 15 is 0 Å². The lowest BCUT2D eigenvalue weighted by Gasteiger charge is -2.26. The van der Waals surface area contributed by atoms with Crippen LogP contribution in [-0.2, 0) is 9.59 Å². The van der Waals surface area contributed by atoms with E-state index in [4.69, 9.17) is 16.0 Å². The van der Waals surface area contributed by atoms with Crippen molar-refractivity contribution in [2.45, 2.75) is 0 Å². The van der Waals surface area contributed by atoms with Gasteiger partial charge >= 0.3 is 6.03 Å². The van der Waals surface area contributed by atoms with Crippen LogP contribution in [0.15, 0.2) is 70.7 Å². The van der Waals surface area contributed by atoms with Gasteiger partial charge in [0.05, 0.1) is 15.6 Å². The maximum absolute atomic E-state index is 12.8. The fourth-order valence-electron chi connectivity index (χ4n) is 3.00. The minimum atomic E-state index is -0.853. The topological polar surface area (TPSA) is 123 Å². The zero-order valence-electron chi connectivity index (χ0n) is 15.6. The average molecular weight is 438 g/mol. The van der Waals surface area contributed by atoms with Crippen molar-refractivity contribution in [2.75, 3.05) is 4.90 Å². The molecule has 1 aliphatic rings. The first-order chi connectivity index (χ1) is 14.8. The first kappa shape index (κ1) is 20.0. The molecule has 3 aromatic rings. The molecule has 0 saturated carbocycles. The van der Waals surface area contributed by atoms with Crippen LogP contribution in [0.3, 0.4) is 0 Å². The number of furan rings is 1. The van der Waals surface area contributed by atoms with E-state index < -0.39 is 22.8 Å². The van der Waals surface area contributed by atoms with Gasteiger partial charge in [-0.05, 0) is 36.4 Å². The van der Waals surface area contributed by atoms with Gasteiger partial charge in [-0.1, -0.05) is 29.8 Å². The Labute approximate surface area is 179 Å². The minimum absolute atomic E-state index is 0.107. The number of carbonyl (C=O) groups is 3. The molecule has 2 aromatic carbocycles. The van der Waals surface area contributed by atoms with Crippen molar-refractivity contribution in [1.82, 2.24) is 5.32 Å². The lowest BCUT2D eigenvalue weighted by Crippen LogP contribution is -2.54. The predicted octanol–water partition coefficient (Wildman–Crippen LogP) is 4.17. The van der Waals surface area contributed by atoms with Crippen LogP contribution in [0.1, 0.15) is 5.76 Å². The lowest BCUT2D eigenvalue weighted by atomic mass is 10.1. The van der Waals surface area contributed by atoms with E-state index in [0.29, 0.717) is 11.3 Å². The van der Waals surface area contributed by atoms with Crippen LogP contribution in [-0.4, -0.2) is 22.8 Å². The van der Waals surface area contributed by atoms with Crippen molar-refractivity contribution < 1.29 is 23.7 Å². The third-order valence-electron chi connectivity index (χ3n) is 4.46. The molecule has 0 spiro atoms. The highest BCUT2D eigenvalue weighted by Crippen LogP contribution is 2.33. The maximum atomic E-state index is 12.8. The van der Waals surface area contributed by atoms with Gasteiger partial charge in [-0.2, -0.15) is 0 Å². The van der Waals surface area contributed by atoms with Crippen molar-refractivity contribution in [3.8, 4) is 11.3 Å². The molecule has 0 atom stereocenters. The molecule has 154 valence electrons. The van der Waals surface area contributed by atoms with Gasteiger partial charge < -0.3 is 4.42 Å². The summed E-state index contributed by atoms with van der Waals surface area (Å²) in [5, 5.41) is 13.1. The largest absolute Gasteiger partial charge is 0.457 e. The summed E-state index contributed by atoms with van der Waals surface area (Å²) in [6.07, 6.45) is 1.21. The number of imide groups is 2. The summed E-state index contributed by atoms with van der Waals surface area (Å²) in [6, 6.07) is 14.3. The Morgan fingerprint density at radius 3 is 2.45 bits per heavy atom. The molecule has 0 radical (unpaired) electrons. The zero-order chi connectivity index (χ0) is 22.1. The second-order valence-electron chi connectivity index (χ2n) is 6.42. The van der Waals surface area contributed by atoms with E-state index in [2.05, 4.69) is 5.32 Å².